The van der Waals surface area contributed by atoms with Crippen LogP contribution in [0.5, 0.6) is 11.5 Å². The zero-order valence-electron chi connectivity index (χ0n) is 13.5. The SMILES string of the molecule is CCCCNc1cc(Nc2cc(OC)c(Cl)cc2OC)ncn1. The summed E-state index contributed by atoms with van der Waals surface area (Å²) in [7, 11) is 3.15. The predicted molar refractivity (Wildman–Crippen MR) is 93.3 cm³/mol. The Hall–Kier alpha value is -2.21. The summed E-state index contributed by atoms with van der Waals surface area (Å²) in [5.41, 5.74) is 0.715. The van der Waals surface area contributed by atoms with Crippen LogP contribution >= 0.6 is 11.6 Å². The van der Waals surface area contributed by atoms with Crippen LogP contribution in [0, 0.1) is 0 Å². The average Bonchev–Trinajstić information content (AvgIpc) is 2.56. The van der Waals surface area contributed by atoms with E-state index in [1.54, 1.807) is 26.4 Å². The number of anilines is 3. The van der Waals surface area contributed by atoms with Crippen LogP contribution in [0.1, 0.15) is 19.8 Å². The van der Waals surface area contributed by atoms with Gasteiger partial charge >= 0.3 is 0 Å². The van der Waals surface area contributed by atoms with Crippen LogP contribution < -0.4 is 20.1 Å². The van der Waals surface area contributed by atoms with Crippen LogP contribution in [0.2, 0.25) is 5.02 Å². The molecule has 0 radical (unpaired) electrons. The van der Waals surface area contributed by atoms with Gasteiger partial charge in [-0.1, -0.05) is 24.9 Å². The third-order valence-electron chi connectivity index (χ3n) is 3.24. The molecule has 0 amide bonds. The molecule has 1 aromatic carbocycles. The molecule has 0 bridgehead atoms. The first-order valence-corrected chi connectivity index (χ1v) is 7.80. The monoisotopic (exact) mass is 336 g/mol. The zero-order valence-corrected chi connectivity index (χ0v) is 14.3. The third kappa shape index (κ3) is 4.63. The molecule has 0 aliphatic carbocycles. The van der Waals surface area contributed by atoms with Crippen molar-refractivity contribution in [2.75, 3.05) is 31.4 Å². The van der Waals surface area contributed by atoms with Gasteiger partial charge in [-0.05, 0) is 6.42 Å². The molecule has 7 heteroatoms. The van der Waals surface area contributed by atoms with E-state index in [2.05, 4.69) is 27.5 Å². The van der Waals surface area contributed by atoms with E-state index in [1.807, 2.05) is 6.07 Å². The molecule has 2 N–H and O–H groups in total. The standard InChI is InChI=1S/C16H21ClN4O2/c1-4-5-6-18-15-9-16(20-10-19-15)21-12-8-13(22-2)11(17)7-14(12)23-3/h7-10H,4-6H2,1-3H3,(H2,18,19,20,21). The Morgan fingerprint density at radius 2 is 1.78 bits per heavy atom. The maximum absolute atomic E-state index is 6.11. The molecule has 1 heterocycles. The molecule has 6 nitrogen and oxygen atoms in total. The number of halogens is 1. The molecule has 0 atom stereocenters. The van der Waals surface area contributed by atoms with Crippen molar-refractivity contribution in [3.8, 4) is 11.5 Å². The van der Waals surface area contributed by atoms with Crippen molar-refractivity contribution < 1.29 is 9.47 Å². The number of benzene rings is 1. The fourth-order valence-electron chi connectivity index (χ4n) is 2.01. The predicted octanol–water partition coefficient (Wildman–Crippen LogP) is 4.10. The summed E-state index contributed by atoms with van der Waals surface area (Å²) in [6.07, 6.45) is 3.73. The van der Waals surface area contributed by atoms with Gasteiger partial charge in [-0.3, -0.25) is 0 Å². The van der Waals surface area contributed by atoms with E-state index in [0.717, 1.165) is 25.2 Å². The highest BCUT2D eigenvalue weighted by molar-refractivity contribution is 6.32. The van der Waals surface area contributed by atoms with E-state index in [-0.39, 0.29) is 0 Å². The van der Waals surface area contributed by atoms with Gasteiger partial charge in [-0.25, -0.2) is 9.97 Å². The van der Waals surface area contributed by atoms with Gasteiger partial charge in [-0.15, -0.1) is 0 Å². The number of aromatic nitrogens is 2. The molecular formula is C16H21ClN4O2. The third-order valence-corrected chi connectivity index (χ3v) is 3.54. The lowest BCUT2D eigenvalue weighted by Gasteiger charge is -2.14. The van der Waals surface area contributed by atoms with E-state index in [1.165, 1.54) is 6.33 Å². The molecule has 0 aliphatic heterocycles. The Balaban J connectivity index is 2.19. The number of unbranched alkanes of at least 4 members (excludes halogenated alkanes) is 1. The lowest BCUT2D eigenvalue weighted by molar-refractivity contribution is 0.405. The molecule has 1 aromatic heterocycles. The largest absolute Gasteiger partial charge is 0.495 e. The molecule has 0 spiro atoms. The number of hydrogen-bond donors (Lipinski definition) is 2. The highest BCUT2D eigenvalue weighted by Crippen LogP contribution is 2.37. The van der Waals surface area contributed by atoms with Gasteiger partial charge in [0.2, 0.25) is 0 Å². The molecule has 0 saturated carbocycles. The van der Waals surface area contributed by atoms with Gasteiger partial charge < -0.3 is 20.1 Å². The minimum absolute atomic E-state index is 0.486. The Morgan fingerprint density at radius 3 is 2.48 bits per heavy atom. The second-order valence-corrected chi connectivity index (χ2v) is 5.29. The topological polar surface area (TPSA) is 68.3 Å². The lowest BCUT2D eigenvalue weighted by Crippen LogP contribution is -2.04. The highest BCUT2D eigenvalue weighted by atomic mass is 35.5. The van der Waals surface area contributed by atoms with Gasteiger partial charge in [-0.2, -0.15) is 0 Å². The molecule has 0 saturated heterocycles. The Kier molecular flexibility index (Phi) is 6.29. The quantitative estimate of drug-likeness (QED) is 0.707. The maximum Gasteiger partial charge on any atom is 0.144 e. The maximum atomic E-state index is 6.11. The summed E-state index contributed by atoms with van der Waals surface area (Å²) < 4.78 is 10.6. The normalized spacial score (nSPS) is 10.3. The summed E-state index contributed by atoms with van der Waals surface area (Å²) in [4.78, 5) is 8.43. The molecule has 0 unspecified atom stereocenters. The number of hydrogen-bond acceptors (Lipinski definition) is 6. The van der Waals surface area contributed by atoms with Crippen molar-refractivity contribution in [3.63, 3.8) is 0 Å². The van der Waals surface area contributed by atoms with Crippen molar-refractivity contribution in [1.29, 1.82) is 0 Å². The average molecular weight is 337 g/mol. The van der Waals surface area contributed by atoms with E-state index in [0.29, 0.717) is 28.0 Å². The number of rotatable bonds is 8. The van der Waals surface area contributed by atoms with Crippen LogP contribution in [0.4, 0.5) is 17.3 Å². The molecule has 0 aliphatic rings. The first kappa shape index (κ1) is 17.1. The van der Waals surface area contributed by atoms with Crippen LogP contribution in [0.15, 0.2) is 24.5 Å². The van der Waals surface area contributed by atoms with Gasteiger partial charge in [0.1, 0.15) is 29.5 Å². The van der Waals surface area contributed by atoms with Crippen LogP contribution in [0.3, 0.4) is 0 Å². The summed E-state index contributed by atoms with van der Waals surface area (Å²) in [5, 5.41) is 6.95. The van der Waals surface area contributed by atoms with Crippen molar-refractivity contribution in [3.05, 3.63) is 29.5 Å². The van der Waals surface area contributed by atoms with Gasteiger partial charge in [0, 0.05) is 24.7 Å². The smallest absolute Gasteiger partial charge is 0.144 e. The first-order valence-electron chi connectivity index (χ1n) is 7.42. The molecule has 0 fully saturated rings. The lowest BCUT2D eigenvalue weighted by atomic mass is 10.2. The Bertz CT molecular complexity index is 652. The van der Waals surface area contributed by atoms with Crippen LogP contribution in [-0.4, -0.2) is 30.7 Å². The molecule has 2 aromatic rings. The first-order chi connectivity index (χ1) is 11.2. The van der Waals surface area contributed by atoms with Crippen molar-refractivity contribution in [2.24, 2.45) is 0 Å². The number of nitrogens with one attached hydrogen (secondary N) is 2. The Labute approximate surface area is 141 Å². The number of nitrogens with zero attached hydrogens (tertiary/aromatic N) is 2. The van der Waals surface area contributed by atoms with Gasteiger partial charge in [0.15, 0.2) is 0 Å². The number of ether oxygens (including phenoxy) is 2. The summed E-state index contributed by atoms with van der Waals surface area (Å²) in [5.74, 6) is 2.60. The molecule has 124 valence electrons. The van der Waals surface area contributed by atoms with Crippen molar-refractivity contribution in [1.82, 2.24) is 9.97 Å². The number of methoxy groups -OCH3 is 2. The van der Waals surface area contributed by atoms with Crippen molar-refractivity contribution in [2.45, 2.75) is 19.8 Å². The van der Waals surface area contributed by atoms with Gasteiger partial charge in [0.25, 0.3) is 0 Å². The highest BCUT2D eigenvalue weighted by Gasteiger charge is 2.11. The van der Waals surface area contributed by atoms with Crippen LogP contribution in [-0.2, 0) is 0 Å². The van der Waals surface area contributed by atoms with E-state index in [9.17, 15) is 0 Å². The minimum atomic E-state index is 0.486. The molecule has 2 rings (SSSR count). The fraction of sp³-hybridized carbons (Fsp3) is 0.375. The van der Waals surface area contributed by atoms with E-state index >= 15 is 0 Å². The molecular weight excluding hydrogens is 316 g/mol. The second-order valence-electron chi connectivity index (χ2n) is 4.88. The van der Waals surface area contributed by atoms with Crippen molar-refractivity contribution >= 4 is 28.9 Å². The minimum Gasteiger partial charge on any atom is -0.495 e. The fourth-order valence-corrected chi connectivity index (χ4v) is 2.24. The zero-order chi connectivity index (χ0) is 16.7. The van der Waals surface area contributed by atoms with E-state index in [4.69, 9.17) is 21.1 Å². The summed E-state index contributed by atoms with van der Waals surface area (Å²) in [6, 6.07) is 5.31. The van der Waals surface area contributed by atoms with E-state index < -0.39 is 0 Å². The van der Waals surface area contributed by atoms with Crippen LogP contribution in [0.25, 0.3) is 0 Å². The van der Waals surface area contributed by atoms with Gasteiger partial charge in [0.05, 0.1) is 24.9 Å². The molecule has 23 heavy (non-hydrogen) atoms. The summed E-state index contributed by atoms with van der Waals surface area (Å²) in [6.45, 7) is 3.03. The summed E-state index contributed by atoms with van der Waals surface area (Å²) >= 11 is 6.11. The Morgan fingerprint density at radius 1 is 1.04 bits per heavy atom. The second kappa shape index (κ2) is 8.43.